The molecule has 0 atom stereocenters. The number of aromatic nitrogens is 1. The lowest BCUT2D eigenvalue weighted by Crippen LogP contribution is -2.09. The molecule has 0 radical (unpaired) electrons. The van der Waals surface area contributed by atoms with Crippen molar-refractivity contribution in [3.8, 4) is 0 Å². The number of hydrogen-bond acceptors (Lipinski definition) is 2. The van der Waals surface area contributed by atoms with Gasteiger partial charge in [-0.15, -0.1) is 0 Å². The molecule has 1 aliphatic rings. The first-order valence-electron chi connectivity index (χ1n) is 5.13. The third kappa shape index (κ3) is 1.50. The highest BCUT2D eigenvalue weighted by Gasteiger charge is 2.08. The molecule has 1 aromatic carbocycles. The van der Waals surface area contributed by atoms with E-state index in [2.05, 4.69) is 46.1 Å². The summed E-state index contributed by atoms with van der Waals surface area (Å²) in [6.07, 6.45) is 2.08. The zero-order chi connectivity index (χ0) is 10.1. The van der Waals surface area contributed by atoms with Crippen molar-refractivity contribution in [2.75, 3.05) is 13.2 Å². The molecule has 3 nitrogen and oxygen atoms in total. The Hall–Kier alpha value is -1.77. The Bertz CT molecular complexity index is 513. The number of hydrogen-bond donors (Lipinski definition) is 0. The van der Waals surface area contributed by atoms with Crippen molar-refractivity contribution in [3.63, 3.8) is 0 Å². The second-order valence-electron chi connectivity index (χ2n) is 3.63. The van der Waals surface area contributed by atoms with Crippen LogP contribution in [0.2, 0.25) is 0 Å². The van der Waals surface area contributed by atoms with Crippen LogP contribution in [-0.4, -0.2) is 23.6 Å². The monoisotopic (exact) mass is 200 g/mol. The Morgan fingerprint density at radius 2 is 2.20 bits per heavy atom. The molecule has 0 spiro atoms. The molecule has 0 bridgehead atoms. The topological polar surface area (TPSA) is 26.5 Å². The first-order valence-corrected chi connectivity index (χ1v) is 5.13. The van der Waals surface area contributed by atoms with E-state index in [1.54, 1.807) is 0 Å². The number of benzene rings is 1. The normalized spacial score (nSPS) is 15.3. The van der Waals surface area contributed by atoms with Crippen LogP contribution in [0.3, 0.4) is 0 Å². The Balaban J connectivity index is 1.97. The van der Waals surface area contributed by atoms with Gasteiger partial charge in [-0.2, -0.15) is 0 Å². The van der Waals surface area contributed by atoms with Gasteiger partial charge in [0.25, 0.3) is 0 Å². The van der Waals surface area contributed by atoms with E-state index < -0.39 is 0 Å². The first-order chi connectivity index (χ1) is 7.43. The summed E-state index contributed by atoms with van der Waals surface area (Å²) in [6.45, 7) is 2.27. The van der Waals surface area contributed by atoms with Gasteiger partial charge in [0, 0.05) is 11.7 Å². The standard InChI is InChI=1S/C12H12N2O/c1-2-4-11-10(3-1)5-7-14(11)9-12-13-6-8-15-12/h1-5,7H,6,8-9H2. The second kappa shape index (κ2) is 3.42. The fourth-order valence-electron chi connectivity index (χ4n) is 1.90. The van der Waals surface area contributed by atoms with Crippen LogP contribution >= 0.6 is 0 Å². The smallest absolute Gasteiger partial charge is 0.204 e. The molecular formula is C12H12N2O. The largest absolute Gasteiger partial charge is 0.478 e. The molecule has 76 valence electrons. The lowest BCUT2D eigenvalue weighted by Gasteiger charge is -2.04. The van der Waals surface area contributed by atoms with Crippen molar-refractivity contribution in [1.29, 1.82) is 0 Å². The molecule has 0 N–H and O–H groups in total. The molecular weight excluding hydrogens is 188 g/mol. The van der Waals surface area contributed by atoms with Gasteiger partial charge < -0.3 is 9.30 Å². The molecule has 0 unspecified atom stereocenters. The van der Waals surface area contributed by atoms with Crippen LogP contribution in [-0.2, 0) is 11.3 Å². The first kappa shape index (κ1) is 8.53. The number of aliphatic imine (C=N–C) groups is 1. The summed E-state index contributed by atoms with van der Waals surface area (Å²) in [7, 11) is 0. The summed E-state index contributed by atoms with van der Waals surface area (Å²) in [4.78, 5) is 4.29. The minimum Gasteiger partial charge on any atom is -0.478 e. The van der Waals surface area contributed by atoms with E-state index in [1.807, 2.05) is 0 Å². The van der Waals surface area contributed by atoms with E-state index in [4.69, 9.17) is 4.74 Å². The van der Waals surface area contributed by atoms with E-state index in [9.17, 15) is 0 Å². The summed E-state index contributed by atoms with van der Waals surface area (Å²) >= 11 is 0. The lowest BCUT2D eigenvalue weighted by molar-refractivity contribution is 0.335. The van der Waals surface area contributed by atoms with Crippen molar-refractivity contribution < 1.29 is 4.74 Å². The van der Waals surface area contributed by atoms with Gasteiger partial charge in [0.05, 0.1) is 13.1 Å². The van der Waals surface area contributed by atoms with Crippen LogP contribution in [0.15, 0.2) is 41.5 Å². The van der Waals surface area contributed by atoms with Gasteiger partial charge in [0.1, 0.15) is 6.61 Å². The average Bonchev–Trinajstić information content (AvgIpc) is 2.89. The number of fused-ring (bicyclic) bond motifs is 1. The molecule has 0 aliphatic carbocycles. The number of ether oxygens (including phenoxy) is 1. The summed E-state index contributed by atoms with van der Waals surface area (Å²) in [5.41, 5.74) is 1.23. The highest BCUT2D eigenvalue weighted by molar-refractivity contribution is 5.83. The molecule has 0 amide bonds. The highest BCUT2D eigenvalue weighted by Crippen LogP contribution is 2.15. The summed E-state index contributed by atoms with van der Waals surface area (Å²) in [5.74, 6) is 0.844. The van der Waals surface area contributed by atoms with Crippen molar-refractivity contribution in [2.24, 2.45) is 4.99 Å². The van der Waals surface area contributed by atoms with Gasteiger partial charge >= 0.3 is 0 Å². The van der Waals surface area contributed by atoms with Crippen LogP contribution in [0.5, 0.6) is 0 Å². The molecule has 1 aromatic heterocycles. The fourth-order valence-corrected chi connectivity index (χ4v) is 1.90. The maximum Gasteiger partial charge on any atom is 0.204 e. The fraction of sp³-hybridized carbons (Fsp3) is 0.250. The van der Waals surface area contributed by atoms with Gasteiger partial charge in [0.15, 0.2) is 0 Å². The molecule has 0 fully saturated rings. The van der Waals surface area contributed by atoms with Crippen molar-refractivity contribution in [3.05, 3.63) is 36.5 Å². The van der Waals surface area contributed by atoms with Gasteiger partial charge in [-0.25, -0.2) is 0 Å². The summed E-state index contributed by atoms with van der Waals surface area (Å²) < 4.78 is 7.57. The third-order valence-electron chi connectivity index (χ3n) is 2.63. The van der Waals surface area contributed by atoms with Crippen LogP contribution in [0.1, 0.15) is 0 Å². The van der Waals surface area contributed by atoms with Crippen molar-refractivity contribution in [2.45, 2.75) is 6.54 Å². The number of para-hydroxylation sites is 1. The van der Waals surface area contributed by atoms with Gasteiger partial charge in [-0.1, -0.05) is 18.2 Å². The predicted octanol–water partition coefficient (Wildman–Crippen LogP) is 2.07. The number of rotatable bonds is 2. The SMILES string of the molecule is c1ccc2c(c1)ccn2CC1=NCCO1. The van der Waals surface area contributed by atoms with Crippen LogP contribution in [0, 0.1) is 0 Å². The number of nitrogens with zero attached hydrogens (tertiary/aromatic N) is 2. The molecule has 1 aliphatic heterocycles. The lowest BCUT2D eigenvalue weighted by atomic mass is 10.2. The van der Waals surface area contributed by atoms with Gasteiger partial charge in [0.2, 0.25) is 5.90 Å². The Morgan fingerprint density at radius 1 is 1.27 bits per heavy atom. The molecule has 0 saturated heterocycles. The minimum atomic E-state index is 0.731. The van der Waals surface area contributed by atoms with Gasteiger partial charge in [-0.05, 0) is 17.5 Å². The van der Waals surface area contributed by atoms with Crippen molar-refractivity contribution in [1.82, 2.24) is 4.57 Å². The van der Waals surface area contributed by atoms with Gasteiger partial charge in [-0.3, -0.25) is 4.99 Å². The molecule has 15 heavy (non-hydrogen) atoms. The average molecular weight is 200 g/mol. The summed E-state index contributed by atoms with van der Waals surface area (Å²) in [5, 5.41) is 1.26. The maximum absolute atomic E-state index is 5.40. The van der Waals surface area contributed by atoms with E-state index >= 15 is 0 Å². The zero-order valence-electron chi connectivity index (χ0n) is 8.39. The predicted molar refractivity (Wildman–Crippen MR) is 60.2 cm³/mol. The van der Waals surface area contributed by atoms with E-state index in [1.165, 1.54) is 10.9 Å². The molecule has 3 rings (SSSR count). The zero-order valence-corrected chi connectivity index (χ0v) is 8.39. The van der Waals surface area contributed by atoms with E-state index in [0.29, 0.717) is 0 Å². The minimum absolute atomic E-state index is 0.731. The van der Waals surface area contributed by atoms with Crippen LogP contribution in [0.25, 0.3) is 10.9 Å². The van der Waals surface area contributed by atoms with Crippen LogP contribution in [0.4, 0.5) is 0 Å². The van der Waals surface area contributed by atoms with Crippen LogP contribution < -0.4 is 0 Å². The van der Waals surface area contributed by atoms with E-state index in [0.717, 1.165) is 25.6 Å². The Kier molecular flexibility index (Phi) is 1.95. The molecule has 2 aromatic rings. The highest BCUT2D eigenvalue weighted by atomic mass is 16.5. The molecule has 3 heteroatoms. The maximum atomic E-state index is 5.40. The summed E-state index contributed by atoms with van der Waals surface area (Å²) in [6, 6.07) is 10.4. The van der Waals surface area contributed by atoms with E-state index in [-0.39, 0.29) is 0 Å². The van der Waals surface area contributed by atoms with Crippen molar-refractivity contribution >= 4 is 16.8 Å². The quantitative estimate of drug-likeness (QED) is 0.729. The Labute approximate surface area is 88.0 Å². The second-order valence-corrected chi connectivity index (χ2v) is 3.63. The third-order valence-corrected chi connectivity index (χ3v) is 2.63. The molecule has 0 saturated carbocycles. The Morgan fingerprint density at radius 3 is 3.07 bits per heavy atom. The molecule has 2 heterocycles.